The first-order chi connectivity index (χ1) is 33.9. The van der Waals surface area contributed by atoms with Crippen molar-refractivity contribution in [1.82, 2.24) is 4.57 Å². The van der Waals surface area contributed by atoms with E-state index in [0.29, 0.717) is 0 Å². The molecule has 0 saturated heterocycles. The van der Waals surface area contributed by atoms with Crippen molar-refractivity contribution in [2.24, 2.45) is 0 Å². The third-order valence-corrected chi connectivity index (χ3v) is 14.5. The lowest BCUT2D eigenvalue weighted by Crippen LogP contribution is -2.10. The fraction of sp³-hybridized carbons (Fsp3) is 0.0746. The molecule has 12 rings (SSSR count). The van der Waals surface area contributed by atoms with E-state index < -0.39 is 0 Å². The van der Waals surface area contributed by atoms with Crippen molar-refractivity contribution < 1.29 is 0 Å². The quantitative estimate of drug-likeness (QED) is 0.140. The second-order valence-electron chi connectivity index (χ2n) is 18.8. The molecule has 0 amide bonds. The molecule has 1 unspecified atom stereocenters. The fourth-order valence-corrected chi connectivity index (χ4v) is 10.7. The Kier molecular flexibility index (Phi) is 10.5. The lowest BCUT2D eigenvalue weighted by atomic mass is 9.83. The van der Waals surface area contributed by atoms with Crippen molar-refractivity contribution >= 4 is 76.8 Å². The summed E-state index contributed by atoms with van der Waals surface area (Å²) in [6, 6.07) is 87.2. The second-order valence-corrected chi connectivity index (χ2v) is 18.8. The van der Waals surface area contributed by atoms with Crippen LogP contribution in [0, 0.1) is 0 Å². The summed E-state index contributed by atoms with van der Waals surface area (Å²) >= 11 is 0. The maximum absolute atomic E-state index is 2.43. The van der Waals surface area contributed by atoms with Crippen molar-refractivity contribution in [3.63, 3.8) is 0 Å². The van der Waals surface area contributed by atoms with Crippen LogP contribution in [-0.4, -0.2) is 4.57 Å². The van der Waals surface area contributed by atoms with Crippen LogP contribution in [0.4, 0.5) is 17.1 Å². The number of anilines is 3. The summed E-state index contributed by atoms with van der Waals surface area (Å²) in [5.74, 6) is 0.216. The average Bonchev–Trinajstić information content (AvgIpc) is 3.73. The summed E-state index contributed by atoms with van der Waals surface area (Å²) in [5, 5.41) is 9.94. The first-order valence-electron chi connectivity index (χ1n) is 24.2. The molecular weight excluding hydrogens is 833 g/mol. The summed E-state index contributed by atoms with van der Waals surface area (Å²) in [6.07, 6.45) is 0. The highest BCUT2D eigenvalue weighted by Crippen LogP contribution is 2.43. The second kappa shape index (κ2) is 17.3. The maximum atomic E-state index is 2.43. The Labute approximate surface area is 404 Å². The summed E-state index contributed by atoms with van der Waals surface area (Å²) in [5.41, 5.74) is 18.4. The van der Waals surface area contributed by atoms with Crippen LogP contribution in [0.2, 0.25) is 0 Å². The molecule has 0 aliphatic heterocycles. The van der Waals surface area contributed by atoms with Crippen molar-refractivity contribution in [1.29, 1.82) is 0 Å². The minimum absolute atomic E-state index is 0.216. The van der Waals surface area contributed by atoms with Gasteiger partial charge in [-0.1, -0.05) is 176 Å². The van der Waals surface area contributed by atoms with Gasteiger partial charge in [0.15, 0.2) is 0 Å². The Morgan fingerprint density at radius 1 is 0.377 bits per heavy atom. The Bertz CT molecular complexity index is 3930. The maximum Gasteiger partial charge on any atom is 0.0541 e. The normalized spacial score (nSPS) is 12.0. The van der Waals surface area contributed by atoms with Crippen LogP contribution < -0.4 is 4.90 Å². The Morgan fingerprint density at radius 3 is 1.62 bits per heavy atom. The highest BCUT2D eigenvalue weighted by Gasteiger charge is 2.21. The molecule has 2 heteroatoms. The minimum Gasteiger partial charge on any atom is -0.310 e. The van der Waals surface area contributed by atoms with E-state index in [-0.39, 0.29) is 5.92 Å². The largest absolute Gasteiger partial charge is 0.310 e. The molecule has 0 saturated carbocycles. The van der Waals surface area contributed by atoms with Crippen LogP contribution in [0.5, 0.6) is 0 Å². The molecule has 0 aliphatic carbocycles. The van der Waals surface area contributed by atoms with Gasteiger partial charge in [0.2, 0.25) is 0 Å². The van der Waals surface area contributed by atoms with Gasteiger partial charge in [-0.3, -0.25) is 0 Å². The van der Waals surface area contributed by atoms with E-state index in [1.54, 1.807) is 0 Å². The molecule has 12 aromatic rings. The number of hydrogen-bond donors (Lipinski definition) is 0. The number of para-hydroxylation sites is 1. The highest BCUT2D eigenvalue weighted by molar-refractivity contribution is 6.12. The van der Waals surface area contributed by atoms with Gasteiger partial charge in [-0.05, 0) is 165 Å². The van der Waals surface area contributed by atoms with Crippen LogP contribution in [0.25, 0.3) is 87.6 Å². The molecule has 0 radical (unpaired) electrons. The first kappa shape index (κ1) is 41.9. The number of hydrogen-bond acceptors (Lipinski definition) is 1. The molecule has 69 heavy (non-hydrogen) atoms. The Balaban J connectivity index is 0.973. The number of aromatic nitrogens is 1. The van der Waals surface area contributed by atoms with Crippen LogP contribution in [-0.2, 0) is 0 Å². The zero-order valence-electron chi connectivity index (χ0n) is 39.5. The van der Waals surface area contributed by atoms with E-state index in [2.05, 4.69) is 274 Å². The SMILES string of the molecule is CC(C)=C(C)c1cc(-c2ccc3c(c2)c2cc(-c4ccc(N(c5ccc6ccccc6c5)c5cccc6ccccc56)cc4)ccc2n3-c2ccccc2)ccc1C(C)c1cccc2ccccc12. The van der Waals surface area contributed by atoms with Crippen molar-refractivity contribution in [2.45, 2.75) is 33.6 Å². The van der Waals surface area contributed by atoms with Crippen molar-refractivity contribution in [2.75, 3.05) is 4.90 Å². The van der Waals surface area contributed by atoms with E-state index in [1.807, 2.05) is 0 Å². The van der Waals surface area contributed by atoms with Crippen LogP contribution >= 0.6 is 0 Å². The number of fused-ring (bicyclic) bond motifs is 6. The van der Waals surface area contributed by atoms with Crippen molar-refractivity contribution in [3.8, 4) is 27.9 Å². The molecule has 0 N–H and O–H groups in total. The number of rotatable bonds is 9. The zero-order chi connectivity index (χ0) is 46.6. The van der Waals surface area contributed by atoms with Gasteiger partial charge in [0, 0.05) is 39.1 Å². The van der Waals surface area contributed by atoms with Gasteiger partial charge in [0.1, 0.15) is 0 Å². The third kappa shape index (κ3) is 7.46. The predicted octanol–water partition coefficient (Wildman–Crippen LogP) is 19.0. The lowest BCUT2D eigenvalue weighted by Gasteiger charge is -2.27. The molecule has 2 nitrogen and oxygen atoms in total. The van der Waals surface area contributed by atoms with E-state index in [9.17, 15) is 0 Å². The van der Waals surface area contributed by atoms with Gasteiger partial charge >= 0.3 is 0 Å². The molecule has 1 atom stereocenters. The van der Waals surface area contributed by atoms with Crippen molar-refractivity contribution in [3.05, 3.63) is 259 Å². The van der Waals surface area contributed by atoms with E-state index in [0.717, 1.165) is 22.7 Å². The fourth-order valence-electron chi connectivity index (χ4n) is 10.7. The molecular formula is C67H52N2. The van der Waals surface area contributed by atoms with Crippen LogP contribution in [0.15, 0.2) is 242 Å². The molecule has 0 bridgehead atoms. The molecule has 0 aliphatic rings. The molecule has 1 aromatic heterocycles. The monoisotopic (exact) mass is 884 g/mol. The molecule has 330 valence electrons. The highest BCUT2D eigenvalue weighted by atomic mass is 15.1. The van der Waals surface area contributed by atoms with E-state index >= 15 is 0 Å². The van der Waals surface area contributed by atoms with Crippen LogP contribution in [0.1, 0.15) is 50.3 Å². The lowest BCUT2D eigenvalue weighted by molar-refractivity contribution is 0.927. The molecule has 11 aromatic carbocycles. The zero-order valence-corrected chi connectivity index (χ0v) is 39.5. The number of benzene rings is 11. The summed E-state index contributed by atoms with van der Waals surface area (Å²) in [7, 11) is 0. The molecule has 1 heterocycles. The van der Waals surface area contributed by atoms with Crippen LogP contribution in [0.3, 0.4) is 0 Å². The first-order valence-corrected chi connectivity index (χ1v) is 24.2. The van der Waals surface area contributed by atoms with Gasteiger partial charge in [-0.25, -0.2) is 0 Å². The standard InChI is InChI=1S/C67H52N2/c1-44(2)45(3)62-41-53(31-37-59(62)46(4)58-26-14-20-49-17-10-12-24-60(49)58)54-33-39-67-64(43-54)63-42-52(32-38-66(63)69(67)55-22-6-5-7-23-55)48-28-34-56(35-29-48)68(57-36-30-47-16-8-9-19-51(47)40-57)65-27-15-21-50-18-11-13-25-61(50)65/h5-43,46H,1-4H3. The van der Waals surface area contributed by atoms with Gasteiger partial charge in [-0.2, -0.15) is 0 Å². The average molecular weight is 885 g/mol. The van der Waals surface area contributed by atoms with Gasteiger partial charge in [0.25, 0.3) is 0 Å². The molecule has 0 spiro atoms. The van der Waals surface area contributed by atoms with E-state index in [4.69, 9.17) is 0 Å². The van der Waals surface area contributed by atoms with Gasteiger partial charge in [0.05, 0.1) is 16.7 Å². The summed E-state index contributed by atoms with van der Waals surface area (Å²) < 4.78 is 2.42. The van der Waals surface area contributed by atoms with Gasteiger partial charge < -0.3 is 9.47 Å². The number of allylic oxidation sites excluding steroid dienone is 2. The topological polar surface area (TPSA) is 8.17 Å². The Morgan fingerprint density at radius 2 is 0.913 bits per heavy atom. The minimum atomic E-state index is 0.216. The summed E-state index contributed by atoms with van der Waals surface area (Å²) in [6.45, 7) is 9.11. The van der Waals surface area contributed by atoms with Gasteiger partial charge in [-0.15, -0.1) is 0 Å². The molecule has 0 fully saturated rings. The number of nitrogens with zero attached hydrogens (tertiary/aromatic N) is 2. The third-order valence-electron chi connectivity index (χ3n) is 14.5. The summed E-state index contributed by atoms with van der Waals surface area (Å²) in [4.78, 5) is 2.40. The smallest absolute Gasteiger partial charge is 0.0541 e. The Hall–Kier alpha value is -8.46. The van der Waals surface area contributed by atoms with E-state index in [1.165, 1.54) is 104 Å². The predicted molar refractivity (Wildman–Crippen MR) is 297 cm³/mol.